The minimum absolute atomic E-state index is 0.00327. The molecule has 0 bridgehead atoms. The number of aliphatic carboxylic acids is 1. The second kappa shape index (κ2) is 8.13. The van der Waals surface area contributed by atoms with Crippen LogP contribution in [0.3, 0.4) is 0 Å². The number of piperazine rings is 1. The summed E-state index contributed by atoms with van der Waals surface area (Å²) in [5, 5.41) is 10.9. The molecule has 4 nitrogen and oxygen atoms in total. The standard InChI is InChI=1S/C20H23BrN2O2/c1-15-13-23(12-11-22(15)14-19(24)25)20(16-5-3-2-4-6-16)17-7-9-18(21)10-8-17/h2-10,15,20H,11-14H2,1H3,(H,24,25)/p-1/t15-,20-/m1/s1. The van der Waals surface area contributed by atoms with Gasteiger partial charge in [0, 0.05) is 36.7 Å². The van der Waals surface area contributed by atoms with Crippen LogP contribution in [0.15, 0.2) is 59.1 Å². The molecule has 0 spiro atoms. The molecule has 0 amide bonds. The molecule has 2 aromatic carbocycles. The summed E-state index contributed by atoms with van der Waals surface area (Å²) in [6.45, 7) is 4.47. The number of carboxylic acid groups (broad SMARTS) is 1. The van der Waals surface area contributed by atoms with E-state index in [2.05, 4.69) is 76.3 Å². The Bertz CT molecular complexity index is 705. The van der Waals surface area contributed by atoms with Gasteiger partial charge in [0.15, 0.2) is 0 Å². The maximum atomic E-state index is 10.9. The molecule has 0 aromatic heterocycles. The molecular weight excluding hydrogens is 380 g/mol. The van der Waals surface area contributed by atoms with Crippen LogP contribution < -0.4 is 5.11 Å². The summed E-state index contributed by atoms with van der Waals surface area (Å²) in [7, 11) is 0. The molecular formula is C20H22BrN2O2-. The highest BCUT2D eigenvalue weighted by Crippen LogP contribution is 2.31. The smallest absolute Gasteiger partial charge is 0.0602 e. The summed E-state index contributed by atoms with van der Waals surface area (Å²) < 4.78 is 1.07. The monoisotopic (exact) mass is 401 g/mol. The topological polar surface area (TPSA) is 46.6 Å². The first-order valence-electron chi connectivity index (χ1n) is 8.53. The Balaban J connectivity index is 1.86. The molecule has 132 valence electrons. The Labute approximate surface area is 157 Å². The van der Waals surface area contributed by atoms with Crippen molar-refractivity contribution in [3.05, 3.63) is 70.2 Å². The van der Waals surface area contributed by atoms with Crippen molar-refractivity contribution in [1.29, 1.82) is 0 Å². The molecule has 2 aromatic rings. The zero-order chi connectivity index (χ0) is 17.8. The second-order valence-corrected chi connectivity index (χ2v) is 7.47. The van der Waals surface area contributed by atoms with Crippen LogP contribution >= 0.6 is 15.9 Å². The SMILES string of the molecule is C[C@@H]1CN([C@H](c2ccccc2)c2ccc(Br)cc2)CCN1CC(=O)[O-]. The van der Waals surface area contributed by atoms with E-state index >= 15 is 0 Å². The van der Waals surface area contributed by atoms with Gasteiger partial charge in [0.2, 0.25) is 0 Å². The predicted molar refractivity (Wildman–Crippen MR) is 100 cm³/mol. The number of hydrogen-bond donors (Lipinski definition) is 0. The molecule has 1 aliphatic heterocycles. The molecule has 1 fully saturated rings. The fourth-order valence-corrected chi connectivity index (χ4v) is 3.82. The average molecular weight is 402 g/mol. The van der Waals surface area contributed by atoms with Crippen LogP contribution in [0.1, 0.15) is 24.1 Å². The van der Waals surface area contributed by atoms with Gasteiger partial charge in [-0.25, -0.2) is 0 Å². The van der Waals surface area contributed by atoms with E-state index in [0.29, 0.717) is 0 Å². The van der Waals surface area contributed by atoms with E-state index in [0.717, 1.165) is 24.1 Å². The largest absolute Gasteiger partial charge is 0.549 e. The van der Waals surface area contributed by atoms with Gasteiger partial charge in [-0.15, -0.1) is 0 Å². The van der Waals surface area contributed by atoms with E-state index in [9.17, 15) is 9.90 Å². The summed E-state index contributed by atoms with van der Waals surface area (Å²) in [4.78, 5) is 15.4. The number of carboxylic acids is 1. The van der Waals surface area contributed by atoms with Gasteiger partial charge < -0.3 is 9.90 Å². The van der Waals surface area contributed by atoms with Gasteiger partial charge in [-0.1, -0.05) is 58.4 Å². The third-order valence-corrected chi connectivity index (χ3v) is 5.32. The van der Waals surface area contributed by atoms with Crippen LogP contribution in [-0.2, 0) is 4.79 Å². The van der Waals surface area contributed by atoms with Gasteiger partial charge >= 0.3 is 0 Å². The molecule has 0 saturated carbocycles. The number of carbonyl (C=O) groups excluding carboxylic acids is 1. The van der Waals surface area contributed by atoms with E-state index in [1.165, 1.54) is 11.1 Å². The first-order valence-corrected chi connectivity index (χ1v) is 9.32. The zero-order valence-electron chi connectivity index (χ0n) is 14.3. The van der Waals surface area contributed by atoms with E-state index in [-0.39, 0.29) is 18.6 Å². The van der Waals surface area contributed by atoms with Crippen LogP contribution in [-0.4, -0.2) is 48.0 Å². The second-order valence-electron chi connectivity index (χ2n) is 6.55. The number of nitrogens with zero attached hydrogens (tertiary/aromatic N) is 2. The fourth-order valence-electron chi connectivity index (χ4n) is 3.55. The Morgan fingerprint density at radius 1 is 1.12 bits per heavy atom. The lowest BCUT2D eigenvalue weighted by atomic mass is 9.95. The Morgan fingerprint density at radius 3 is 2.36 bits per heavy atom. The number of carbonyl (C=O) groups is 1. The predicted octanol–water partition coefficient (Wildman–Crippen LogP) is 2.29. The van der Waals surface area contributed by atoms with Gasteiger partial charge in [0.05, 0.1) is 12.0 Å². The van der Waals surface area contributed by atoms with E-state index in [1.54, 1.807) is 0 Å². The van der Waals surface area contributed by atoms with Gasteiger partial charge in [0.1, 0.15) is 0 Å². The summed E-state index contributed by atoms with van der Waals surface area (Å²) in [6.07, 6.45) is 0. The molecule has 1 heterocycles. The van der Waals surface area contributed by atoms with Crippen molar-refractivity contribution < 1.29 is 9.90 Å². The number of halogens is 1. The Kier molecular flexibility index (Phi) is 5.89. The lowest BCUT2D eigenvalue weighted by Crippen LogP contribution is -2.55. The first kappa shape index (κ1) is 18.1. The van der Waals surface area contributed by atoms with E-state index in [4.69, 9.17) is 0 Å². The molecule has 0 aliphatic carbocycles. The molecule has 0 radical (unpaired) electrons. The molecule has 0 N–H and O–H groups in total. The van der Waals surface area contributed by atoms with Crippen molar-refractivity contribution in [2.45, 2.75) is 19.0 Å². The van der Waals surface area contributed by atoms with Crippen molar-refractivity contribution >= 4 is 21.9 Å². The van der Waals surface area contributed by atoms with Crippen molar-refractivity contribution in [3.8, 4) is 0 Å². The van der Waals surface area contributed by atoms with Gasteiger partial charge in [-0.3, -0.25) is 9.80 Å². The lowest BCUT2D eigenvalue weighted by molar-refractivity contribution is -0.307. The highest BCUT2D eigenvalue weighted by Gasteiger charge is 2.30. The zero-order valence-corrected chi connectivity index (χ0v) is 15.9. The van der Waals surface area contributed by atoms with Crippen molar-refractivity contribution in [3.63, 3.8) is 0 Å². The molecule has 2 atom stereocenters. The van der Waals surface area contributed by atoms with Crippen LogP contribution in [0.5, 0.6) is 0 Å². The van der Waals surface area contributed by atoms with Crippen molar-refractivity contribution in [2.24, 2.45) is 0 Å². The maximum absolute atomic E-state index is 10.9. The quantitative estimate of drug-likeness (QED) is 0.770. The van der Waals surface area contributed by atoms with E-state index in [1.807, 2.05) is 11.0 Å². The minimum Gasteiger partial charge on any atom is -0.549 e. The van der Waals surface area contributed by atoms with Crippen LogP contribution in [0.4, 0.5) is 0 Å². The Hall–Kier alpha value is -1.69. The minimum atomic E-state index is -1.01. The van der Waals surface area contributed by atoms with Crippen molar-refractivity contribution in [2.75, 3.05) is 26.2 Å². The third kappa shape index (κ3) is 4.48. The van der Waals surface area contributed by atoms with Crippen molar-refractivity contribution in [1.82, 2.24) is 9.80 Å². The maximum Gasteiger partial charge on any atom is 0.0602 e. The Morgan fingerprint density at radius 2 is 1.76 bits per heavy atom. The van der Waals surface area contributed by atoms with Crippen LogP contribution in [0.25, 0.3) is 0 Å². The van der Waals surface area contributed by atoms with Gasteiger partial charge in [0.25, 0.3) is 0 Å². The molecule has 5 heteroatoms. The van der Waals surface area contributed by atoms with Gasteiger partial charge in [-0.05, 0) is 30.2 Å². The normalized spacial score (nSPS) is 20.3. The molecule has 1 saturated heterocycles. The van der Waals surface area contributed by atoms with E-state index < -0.39 is 5.97 Å². The van der Waals surface area contributed by atoms with Crippen LogP contribution in [0, 0.1) is 0 Å². The van der Waals surface area contributed by atoms with Gasteiger partial charge in [-0.2, -0.15) is 0 Å². The molecule has 0 unspecified atom stereocenters. The summed E-state index contributed by atoms with van der Waals surface area (Å²) >= 11 is 3.51. The highest BCUT2D eigenvalue weighted by molar-refractivity contribution is 9.10. The highest BCUT2D eigenvalue weighted by atomic mass is 79.9. The summed E-state index contributed by atoms with van der Waals surface area (Å²) in [5.41, 5.74) is 2.50. The summed E-state index contributed by atoms with van der Waals surface area (Å²) in [5.74, 6) is -1.01. The molecule has 1 aliphatic rings. The molecule has 3 rings (SSSR count). The molecule has 25 heavy (non-hydrogen) atoms. The number of hydrogen-bond acceptors (Lipinski definition) is 4. The average Bonchev–Trinajstić information content (AvgIpc) is 2.60. The fraction of sp³-hybridized carbons (Fsp3) is 0.350. The lowest BCUT2D eigenvalue weighted by Gasteiger charge is -2.43. The third-order valence-electron chi connectivity index (χ3n) is 4.79. The number of benzene rings is 2. The van der Waals surface area contributed by atoms with Crippen LogP contribution in [0.2, 0.25) is 0 Å². The number of rotatable bonds is 5. The first-order chi connectivity index (χ1) is 12.0. The summed E-state index contributed by atoms with van der Waals surface area (Å²) in [6, 6.07) is 19.3.